The Morgan fingerprint density at radius 1 is 1.22 bits per heavy atom. The first-order valence-corrected chi connectivity index (χ1v) is 5.56. The highest BCUT2D eigenvalue weighted by Crippen LogP contribution is 2.39. The highest BCUT2D eigenvalue weighted by Gasteiger charge is 2.43. The van der Waals surface area contributed by atoms with Gasteiger partial charge in [0, 0.05) is 0 Å². The molecule has 2 rings (SSSR count). The molecule has 1 aromatic carbocycles. The van der Waals surface area contributed by atoms with E-state index >= 15 is 0 Å². The first-order chi connectivity index (χ1) is 8.31. The SMILES string of the molecule is FC(F)(F)c1cccc(C2CCNCC2(F)F)c1. The maximum atomic E-state index is 13.6. The Morgan fingerprint density at radius 2 is 1.94 bits per heavy atom. The van der Waals surface area contributed by atoms with Gasteiger partial charge in [0.25, 0.3) is 5.92 Å². The van der Waals surface area contributed by atoms with Crippen molar-refractivity contribution in [2.45, 2.75) is 24.4 Å². The van der Waals surface area contributed by atoms with Crippen molar-refractivity contribution in [3.8, 4) is 0 Å². The fourth-order valence-electron chi connectivity index (χ4n) is 2.18. The molecular formula is C12H12F5N. The third kappa shape index (κ3) is 2.63. The van der Waals surface area contributed by atoms with Gasteiger partial charge < -0.3 is 5.32 Å². The van der Waals surface area contributed by atoms with Crippen LogP contribution in [0.4, 0.5) is 22.0 Å². The molecule has 0 amide bonds. The summed E-state index contributed by atoms with van der Waals surface area (Å²) in [6.07, 6.45) is -4.37. The van der Waals surface area contributed by atoms with Gasteiger partial charge in [0.05, 0.1) is 18.0 Å². The molecular weight excluding hydrogens is 253 g/mol. The normalized spacial score (nSPS) is 23.9. The molecule has 1 saturated heterocycles. The molecule has 0 aromatic heterocycles. The number of benzene rings is 1. The van der Waals surface area contributed by atoms with Crippen molar-refractivity contribution in [2.24, 2.45) is 0 Å². The topological polar surface area (TPSA) is 12.0 Å². The minimum absolute atomic E-state index is 0.0522. The van der Waals surface area contributed by atoms with Gasteiger partial charge in [0.1, 0.15) is 0 Å². The molecule has 1 atom stereocenters. The second-order valence-electron chi connectivity index (χ2n) is 4.40. The van der Waals surface area contributed by atoms with E-state index in [1.807, 2.05) is 0 Å². The molecule has 18 heavy (non-hydrogen) atoms. The van der Waals surface area contributed by atoms with E-state index in [0.717, 1.165) is 12.1 Å². The number of rotatable bonds is 1. The predicted octanol–water partition coefficient (Wildman–Crippen LogP) is 3.42. The average molecular weight is 265 g/mol. The van der Waals surface area contributed by atoms with Crippen LogP contribution in [0.3, 0.4) is 0 Å². The van der Waals surface area contributed by atoms with Crippen molar-refractivity contribution in [2.75, 3.05) is 13.1 Å². The lowest BCUT2D eigenvalue weighted by Crippen LogP contribution is -2.44. The summed E-state index contributed by atoms with van der Waals surface area (Å²) in [5, 5.41) is 2.55. The number of alkyl halides is 5. The van der Waals surface area contributed by atoms with Crippen LogP contribution in [0.5, 0.6) is 0 Å². The van der Waals surface area contributed by atoms with Gasteiger partial charge in [-0.1, -0.05) is 18.2 Å². The van der Waals surface area contributed by atoms with Crippen molar-refractivity contribution in [3.05, 3.63) is 35.4 Å². The van der Waals surface area contributed by atoms with Crippen molar-refractivity contribution in [3.63, 3.8) is 0 Å². The van der Waals surface area contributed by atoms with Crippen molar-refractivity contribution < 1.29 is 22.0 Å². The van der Waals surface area contributed by atoms with Gasteiger partial charge in [-0.25, -0.2) is 8.78 Å². The molecule has 0 saturated carbocycles. The molecule has 1 N–H and O–H groups in total. The first kappa shape index (κ1) is 13.3. The summed E-state index contributed by atoms with van der Waals surface area (Å²) in [7, 11) is 0. The smallest absolute Gasteiger partial charge is 0.311 e. The van der Waals surface area contributed by atoms with Crippen LogP contribution in [-0.4, -0.2) is 19.0 Å². The van der Waals surface area contributed by atoms with Crippen LogP contribution in [0.2, 0.25) is 0 Å². The first-order valence-electron chi connectivity index (χ1n) is 5.56. The van der Waals surface area contributed by atoms with Gasteiger partial charge in [-0.15, -0.1) is 0 Å². The van der Waals surface area contributed by atoms with E-state index in [1.54, 1.807) is 0 Å². The summed E-state index contributed by atoms with van der Waals surface area (Å²) in [6, 6.07) is 4.22. The Bertz CT molecular complexity index is 427. The molecule has 1 aliphatic heterocycles. The summed E-state index contributed by atoms with van der Waals surface area (Å²) in [5.41, 5.74) is -0.828. The Labute approximate surface area is 101 Å². The van der Waals surface area contributed by atoms with Crippen LogP contribution < -0.4 is 5.32 Å². The van der Waals surface area contributed by atoms with Crippen LogP contribution in [-0.2, 0) is 6.18 Å². The summed E-state index contributed by atoms with van der Waals surface area (Å²) < 4.78 is 64.9. The van der Waals surface area contributed by atoms with E-state index in [2.05, 4.69) is 5.32 Å². The van der Waals surface area contributed by atoms with Gasteiger partial charge >= 0.3 is 6.18 Å². The largest absolute Gasteiger partial charge is 0.416 e. The zero-order chi connectivity index (χ0) is 13.4. The number of piperidine rings is 1. The number of hydrogen-bond acceptors (Lipinski definition) is 1. The average Bonchev–Trinajstić information content (AvgIpc) is 2.27. The van der Waals surface area contributed by atoms with Gasteiger partial charge in [0.2, 0.25) is 0 Å². The van der Waals surface area contributed by atoms with E-state index in [9.17, 15) is 22.0 Å². The Hall–Kier alpha value is -1.17. The lowest BCUT2D eigenvalue weighted by atomic mass is 9.86. The van der Waals surface area contributed by atoms with Crippen molar-refractivity contribution >= 4 is 0 Å². The summed E-state index contributed by atoms with van der Waals surface area (Å²) in [6.45, 7) is -0.107. The molecule has 1 heterocycles. The monoisotopic (exact) mass is 265 g/mol. The highest BCUT2D eigenvalue weighted by atomic mass is 19.4. The second kappa shape index (κ2) is 4.50. The van der Waals surface area contributed by atoms with E-state index < -0.39 is 30.1 Å². The molecule has 0 spiro atoms. The molecule has 1 fully saturated rings. The van der Waals surface area contributed by atoms with Crippen LogP contribution >= 0.6 is 0 Å². The molecule has 0 bridgehead atoms. The Kier molecular flexibility index (Phi) is 3.31. The zero-order valence-corrected chi connectivity index (χ0v) is 9.40. The van der Waals surface area contributed by atoms with Gasteiger partial charge in [-0.2, -0.15) is 13.2 Å². The minimum atomic E-state index is -4.50. The Morgan fingerprint density at radius 3 is 2.56 bits per heavy atom. The third-order valence-corrected chi connectivity index (χ3v) is 3.10. The molecule has 100 valence electrons. The minimum Gasteiger partial charge on any atom is -0.311 e. The van der Waals surface area contributed by atoms with Gasteiger partial charge in [0.15, 0.2) is 0 Å². The second-order valence-corrected chi connectivity index (χ2v) is 4.40. The van der Waals surface area contributed by atoms with Crippen LogP contribution in [0, 0.1) is 0 Å². The molecule has 0 aliphatic carbocycles. The fourth-order valence-corrected chi connectivity index (χ4v) is 2.18. The maximum absolute atomic E-state index is 13.6. The van der Waals surface area contributed by atoms with Crippen LogP contribution in [0.1, 0.15) is 23.5 Å². The molecule has 1 unspecified atom stereocenters. The van der Waals surface area contributed by atoms with E-state index in [0.29, 0.717) is 6.54 Å². The van der Waals surface area contributed by atoms with Crippen LogP contribution in [0.15, 0.2) is 24.3 Å². The summed E-state index contributed by atoms with van der Waals surface area (Å²) in [4.78, 5) is 0. The number of halogens is 5. The Balaban J connectivity index is 2.33. The zero-order valence-electron chi connectivity index (χ0n) is 9.40. The lowest BCUT2D eigenvalue weighted by Gasteiger charge is -2.32. The molecule has 1 aromatic rings. The molecule has 1 nitrogen and oxygen atoms in total. The van der Waals surface area contributed by atoms with Gasteiger partial charge in [-0.3, -0.25) is 0 Å². The molecule has 1 aliphatic rings. The van der Waals surface area contributed by atoms with Crippen LogP contribution in [0.25, 0.3) is 0 Å². The number of nitrogens with one attached hydrogen (secondary N) is 1. The quantitative estimate of drug-likeness (QED) is 0.767. The summed E-state index contributed by atoms with van der Waals surface area (Å²) >= 11 is 0. The predicted molar refractivity (Wildman–Crippen MR) is 56.6 cm³/mol. The third-order valence-electron chi connectivity index (χ3n) is 3.10. The standard InChI is InChI=1S/C12H12F5N/c13-11(14)7-18-5-4-10(11)8-2-1-3-9(6-8)12(15,16)17/h1-3,6,10,18H,4-5,7H2. The maximum Gasteiger partial charge on any atom is 0.416 e. The molecule has 6 heteroatoms. The summed E-state index contributed by atoms with van der Waals surface area (Å²) in [5.74, 6) is -4.16. The van der Waals surface area contributed by atoms with E-state index in [-0.39, 0.29) is 12.0 Å². The van der Waals surface area contributed by atoms with E-state index in [1.165, 1.54) is 12.1 Å². The van der Waals surface area contributed by atoms with Gasteiger partial charge in [-0.05, 0) is 24.6 Å². The molecule has 0 radical (unpaired) electrons. The van der Waals surface area contributed by atoms with Crippen molar-refractivity contribution in [1.29, 1.82) is 0 Å². The highest BCUT2D eigenvalue weighted by molar-refractivity contribution is 5.30. The lowest BCUT2D eigenvalue weighted by molar-refractivity contribution is -0.137. The number of hydrogen-bond donors (Lipinski definition) is 1. The fraction of sp³-hybridized carbons (Fsp3) is 0.500. The van der Waals surface area contributed by atoms with Crippen molar-refractivity contribution in [1.82, 2.24) is 5.32 Å². The van der Waals surface area contributed by atoms with E-state index in [4.69, 9.17) is 0 Å².